The third-order valence-corrected chi connectivity index (χ3v) is 4.45. The van der Waals surface area contributed by atoms with Gasteiger partial charge in [0.15, 0.2) is 0 Å². The van der Waals surface area contributed by atoms with E-state index in [1.165, 1.54) is 21.9 Å². The second kappa shape index (κ2) is 5.34. The van der Waals surface area contributed by atoms with Gasteiger partial charge in [0.05, 0.1) is 0 Å². The van der Waals surface area contributed by atoms with Crippen molar-refractivity contribution in [3.63, 3.8) is 0 Å². The van der Waals surface area contributed by atoms with Crippen molar-refractivity contribution < 1.29 is 0 Å². The van der Waals surface area contributed by atoms with E-state index in [0.717, 1.165) is 0 Å². The average Bonchev–Trinajstić information content (AvgIpc) is 2.54. The summed E-state index contributed by atoms with van der Waals surface area (Å²) < 4.78 is 0. The van der Waals surface area contributed by atoms with Crippen LogP contribution in [0.4, 0.5) is 0 Å². The first-order valence-corrected chi connectivity index (χ1v) is 7.39. The van der Waals surface area contributed by atoms with Gasteiger partial charge in [0, 0.05) is 11.5 Å². The van der Waals surface area contributed by atoms with Gasteiger partial charge >= 0.3 is 0 Å². The van der Waals surface area contributed by atoms with Crippen molar-refractivity contribution in [2.75, 3.05) is 0 Å². The van der Waals surface area contributed by atoms with Crippen LogP contribution in [-0.4, -0.2) is 0 Å². The molecule has 3 rings (SSSR count). The van der Waals surface area contributed by atoms with Crippen LogP contribution in [0, 0.1) is 0 Å². The van der Waals surface area contributed by atoms with Gasteiger partial charge in [0.25, 0.3) is 0 Å². The Morgan fingerprint density at radius 3 is 2.14 bits per heavy atom. The molecular weight excluding hydrogens is 254 g/mol. The van der Waals surface area contributed by atoms with Crippen LogP contribution in [0.2, 0.25) is 0 Å². The highest BCUT2D eigenvalue weighted by Crippen LogP contribution is 2.37. The van der Waals surface area contributed by atoms with Crippen molar-refractivity contribution in [3.8, 4) is 0 Å². The van der Waals surface area contributed by atoms with Crippen molar-refractivity contribution in [1.29, 1.82) is 0 Å². The Morgan fingerprint density at radius 1 is 0.762 bits per heavy atom. The minimum atomic E-state index is -0.120. The molecule has 0 aliphatic rings. The van der Waals surface area contributed by atoms with Crippen LogP contribution in [0.3, 0.4) is 0 Å². The zero-order chi connectivity index (χ0) is 14.9. The molecule has 1 heteroatoms. The molecule has 3 aromatic rings. The van der Waals surface area contributed by atoms with Crippen molar-refractivity contribution in [2.45, 2.75) is 25.3 Å². The van der Waals surface area contributed by atoms with E-state index in [1.807, 2.05) is 6.07 Å². The molecule has 0 saturated carbocycles. The fourth-order valence-electron chi connectivity index (χ4n) is 2.96. The highest BCUT2D eigenvalue weighted by Gasteiger charge is 2.30. The minimum absolute atomic E-state index is 0.0500. The molecule has 1 nitrogen and oxygen atoms in total. The van der Waals surface area contributed by atoms with Crippen LogP contribution in [-0.2, 0) is 5.41 Å². The summed E-state index contributed by atoms with van der Waals surface area (Å²) in [6.07, 6.45) is 0. The molecule has 0 spiro atoms. The van der Waals surface area contributed by atoms with Gasteiger partial charge < -0.3 is 5.73 Å². The molecule has 0 bridgehead atoms. The Labute approximate surface area is 126 Å². The topological polar surface area (TPSA) is 26.0 Å². The van der Waals surface area contributed by atoms with Crippen molar-refractivity contribution >= 4 is 10.8 Å². The van der Waals surface area contributed by atoms with Gasteiger partial charge in [0.2, 0.25) is 0 Å². The fraction of sp³-hybridized carbons (Fsp3) is 0.200. The van der Waals surface area contributed by atoms with E-state index in [9.17, 15) is 0 Å². The molecule has 0 saturated heterocycles. The normalized spacial score (nSPS) is 13.3. The van der Waals surface area contributed by atoms with Crippen molar-refractivity contribution in [2.24, 2.45) is 5.73 Å². The highest BCUT2D eigenvalue weighted by molar-refractivity contribution is 5.86. The largest absolute Gasteiger partial charge is 0.323 e. The number of fused-ring (bicyclic) bond motifs is 1. The SMILES string of the molecule is CC(C)(c1ccccc1)C(N)c1cccc2ccccc12. The minimum Gasteiger partial charge on any atom is -0.323 e. The third-order valence-electron chi connectivity index (χ3n) is 4.45. The Kier molecular flexibility index (Phi) is 3.52. The lowest BCUT2D eigenvalue weighted by molar-refractivity contribution is 0.423. The molecule has 0 amide bonds. The van der Waals surface area contributed by atoms with E-state index < -0.39 is 0 Å². The predicted octanol–water partition coefficient (Wildman–Crippen LogP) is 4.82. The number of nitrogens with two attached hydrogens (primary N) is 1. The predicted molar refractivity (Wildman–Crippen MR) is 90.3 cm³/mol. The molecule has 0 aromatic heterocycles. The lowest BCUT2D eigenvalue weighted by atomic mass is 9.74. The van der Waals surface area contributed by atoms with Gasteiger partial charge in [-0.05, 0) is 21.9 Å². The second-order valence-corrected chi connectivity index (χ2v) is 6.13. The summed E-state index contributed by atoms with van der Waals surface area (Å²) in [5, 5.41) is 2.49. The summed E-state index contributed by atoms with van der Waals surface area (Å²) >= 11 is 0. The molecule has 2 N–H and O–H groups in total. The zero-order valence-electron chi connectivity index (χ0n) is 12.6. The van der Waals surface area contributed by atoms with Gasteiger partial charge in [0.1, 0.15) is 0 Å². The molecule has 106 valence electrons. The van der Waals surface area contributed by atoms with Crippen LogP contribution in [0.15, 0.2) is 72.8 Å². The molecule has 0 fully saturated rings. The summed E-state index contributed by atoms with van der Waals surface area (Å²) in [5.74, 6) is 0. The Morgan fingerprint density at radius 2 is 1.38 bits per heavy atom. The molecular formula is C20H21N. The molecule has 1 unspecified atom stereocenters. The lowest BCUT2D eigenvalue weighted by Crippen LogP contribution is -2.33. The quantitative estimate of drug-likeness (QED) is 0.728. The molecule has 0 radical (unpaired) electrons. The first-order chi connectivity index (χ1) is 10.1. The van der Waals surface area contributed by atoms with E-state index in [4.69, 9.17) is 5.73 Å². The zero-order valence-corrected chi connectivity index (χ0v) is 12.6. The summed E-state index contributed by atoms with van der Waals surface area (Å²) in [4.78, 5) is 0. The van der Waals surface area contributed by atoms with Crippen LogP contribution in [0.25, 0.3) is 10.8 Å². The van der Waals surface area contributed by atoms with Gasteiger partial charge in [-0.1, -0.05) is 86.6 Å². The van der Waals surface area contributed by atoms with Gasteiger partial charge in [-0.3, -0.25) is 0 Å². The van der Waals surface area contributed by atoms with Crippen molar-refractivity contribution in [3.05, 3.63) is 83.9 Å². The summed E-state index contributed by atoms with van der Waals surface area (Å²) in [6, 6.07) is 25.3. The molecule has 3 aromatic carbocycles. The number of hydrogen-bond acceptors (Lipinski definition) is 1. The maximum absolute atomic E-state index is 6.67. The average molecular weight is 275 g/mol. The number of benzene rings is 3. The van der Waals surface area contributed by atoms with Gasteiger partial charge in [-0.25, -0.2) is 0 Å². The number of rotatable bonds is 3. The molecule has 0 aliphatic carbocycles. The first kappa shape index (κ1) is 13.8. The van der Waals surface area contributed by atoms with E-state index in [-0.39, 0.29) is 11.5 Å². The third kappa shape index (κ3) is 2.45. The Hall–Kier alpha value is -2.12. The van der Waals surface area contributed by atoms with Crippen LogP contribution in [0.5, 0.6) is 0 Å². The van der Waals surface area contributed by atoms with Gasteiger partial charge in [-0.15, -0.1) is 0 Å². The van der Waals surface area contributed by atoms with E-state index >= 15 is 0 Å². The second-order valence-electron chi connectivity index (χ2n) is 6.13. The molecule has 21 heavy (non-hydrogen) atoms. The van der Waals surface area contributed by atoms with E-state index in [1.54, 1.807) is 0 Å². The molecule has 0 heterocycles. The molecule has 0 aliphatic heterocycles. The van der Waals surface area contributed by atoms with Crippen LogP contribution >= 0.6 is 0 Å². The smallest absolute Gasteiger partial charge is 0.0393 e. The van der Waals surface area contributed by atoms with Crippen LogP contribution < -0.4 is 5.73 Å². The summed E-state index contributed by atoms with van der Waals surface area (Å²) in [7, 11) is 0. The Bertz CT molecular complexity index is 739. The number of hydrogen-bond donors (Lipinski definition) is 1. The van der Waals surface area contributed by atoms with Crippen LogP contribution in [0.1, 0.15) is 31.0 Å². The maximum Gasteiger partial charge on any atom is 0.0393 e. The van der Waals surface area contributed by atoms with Gasteiger partial charge in [-0.2, -0.15) is 0 Å². The summed E-state index contributed by atoms with van der Waals surface area (Å²) in [6.45, 7) is 4.43. The van der Waals surface area contributed by atoms with E-state index in [0.29, 0.717) is 0 Å². The first-order valence-electron chi connectivity index (χ1n) is 7.39. The van der Waals surface area contributed by atoms with Crippen molar-refractivity contribution in [1.82, 2.24) is 0 Å². The monoisotopic (exact) mass is 275 g/mol. The highest BCUT2D eigenvalue weighted by atomic mass is 14.7. The fourth-order valence-corrected chi connectivity index (χ4v) is 2.96. The van der Waals surface area contributed by atoms with E-state index in [2.05, 4.69) is 80.6 Å². The Balaban J connectivity index is 2.10. The molecule has 1 atom stereocenters. The maximum atomic E-state index is 6.67. The lowest BCUT2D eigenvalue weighted by Gasteiger charge is -2.33. The summed E-state index contributed by atoms with van der Waals surface area (Å²) in [5.41, 5.74) is 9.03. The standard InChI is InChI=1S/C20H21N/c1-20(2,16-11-4-3-5-12-16)19(21)18-14-8-10-15-9-6-7-13-17(15)18/h3-14,19H,21H2,1-2H3.